The summed E-state index contributed by atoms with van der Waals surface area (Å²) in [6, 6.07) is 17.6. The molecule has 0 amide bonds. The van der Waals surface area contributed by atoms with Crippen molar-refractivity contribution in [3.8, 4) is 11.5 Å². The lowest BCUT2D eigenvalue weighted by Crippen LogP contribution is -2.26. The lowest BCUT2D eigenvalue weighted by atomic mass is 10.3. The molecule has 1 heterocycles. The van der Waals surface area contributed by atoms with Crippen LogP contribution in [-0.2, 0) is 0 Å². The summed E-state index contributed by atoms with van der Waals surface area (Å²) in [7, 11) is 0. The van der Waals surface area contributed by atoms with Gasteiger partial charge in [0.25, 0.3) is 0 Å². The maximum Gasteiger partial charge on any atom is 0.195 e. The molecule has 1 aliphatic heterocycles. The number of benzene rings is 2. The van der Waals surface area contributed by atoms with Gasteiger partial charge >= 0.3 is 0 Å². The van der Waals surface area contributed by atoms with Crippen molar-refractivity contribution in [1.82, 2.24) is 5.32 Å². The zero-order valence-electron chi connectivity index (χ0n) is 10.9. The molecule has 4 nitrogen and oxygen atoms in total. The van der Waals surface area contributed by atoms with E-state index in [0.717, 1.165) is 36.2 Å². The van der Waals surface area contributed by atoms with E-state index in [0.29, 0.717) is 0 Å². The molecule has 3 rings (SSSR count). The molecular weight excluding hydrogens is 274 g/mol. The van der Waals surface area contributed by atoms with Crippen LogP contribution < -0.4 is 15.4 Å². The second-order valence-electron chi connectivity index (χ2n) is 4.22. The van der Waals surface area contributed by atoms with E-state index in [1.54, 1.807) is 0 Å². The van der Waals surface area contributed by atoms with Gasteiger partial charge < -0.3 is 15.4 Å². The first-order chi connectivity index (χ1) is 9.40. The maximum absolute atomic E-state index is 5.73. The van der Waals surface area contributed by atoms with Crippen LogP contribution in [-0.4, -0.2) is 19.0 Å². The third kappa shape index (κ3) is 3.65. The zero-order valence-corrected chi connectivity index (χ0v) is 11.7. The predicted octanol–water partition coefficient (Wildman–Crippen LogP) is 3.27. The van der Waals surface area contributed by atoms with Gasteiger partial charge in [0.05, 0.1) is 6.54 Å². The van der Waals surface area contributed by atoms with Gasteiger partial charge in [-0.15, -0.1) is 12.4 Å². The van der Waals surface area contributed by atoms with Crippen LogP contribution in [0.15, 0.2) is 59.6 Å². The molecular formula is C15H16ClN3O. The maximum atomic E-state index is 5.73. The van der Waals surface area contributed by atoms with Crippen LogP contribution >= 0.6 is 12.4 Å². The van der Waals surface area contributed by atoms with Crippen LogP contribution in [0.2, 0.25) is 0 Å². The monoisotopic (exact) mass is 289 g/mol. The van der Waals surface area contributed by atoms with Crippen molar-refractivity contribution in [1.29, 1.82) is 0 Å². The van der Waals surface area contributed by atoms with Crippen molar-refractivity contribution < 1.29 is 4.74 Å². The Bertz CT molecular complexity index is 569. The van der Waals surface area contributed by atoms with Gasteiger partial charge in [-0.2, -0.15) is 0 Å². The molecule has 0 saturated heterocycles. The van der Waals surface area contributed by atoms with Crippen LogP contribution in [0.5, 0.6) is 11.5 Å². The highest BCUT2D eigenvalue weighted by atomic mass is 35.5. The van der Waals surface area contributed by atoms with E-state index in [1.165, 1.54) is 0 Å². The molecule has 5 heteroatoms. The predicted molar refractivity (Wildman–Crippen MR) is 84.1 cm³/mol. The van der Waals surface area contributed by atoms with Crippen molar-refractivity contribution in [2.75, 3.05) is 18.4 Å². The molecule has 0 atom stereocenters. The standard InChI is InChI=1S/C15H15N3O.ClH/c1-2-4-13(5-3-1)19-14-8-6-12(7-9-14)18-15-16-10-11-17-15;/h1-9H,10-11H2,(H2,16,17,18);1H. The normalized spacial score (nSPS) is 12.9. The number of hydrogen-bond donors (Lipinski definition) is 2. The fourth-order valence-electron chi connectivity index (χ4n) is 1.85. The number of para-hydroxylation sites is 1. The van der Waals surface area contributed by atoms with Gasteiger partial charge in [-0.25, -0.2) is 0 Å². The summed E-state index contributed by atoms with van der Waals surface area (Å²) in [6.45, 7) is 1.73. The first kappa shape index (κ1) is 14.2. The largest absolute Gasteiger partial charge is 0.457 e. The summed E-state index contributed by atoms with van der Waals surface area (Å²) in [4.78, 5) is 4.28. The Morgan fingerprint density at radius 3 is 2.30 bits per heavy atom. The lowest BCUT2D eigenvalue weighted by molar-refractivity contribution is 0.483. The summed E-state index contributed by atoms with van der Waals surface area (Å²) < 4.78 is 5.73. The highest BCUT2D eigenvalue weighted by Crippen LogP contribution is 2.22. The first-order valence-electron chi connectivity index (χ1n) is 6.28. The fraction of sp³-hybridized carbons (Fsp3) is 0.133. The molecule has 0 spiro atoms. The van der Waals surface area contributed by atoms with E-state index in [-0.39, 0.29) is 12.4 Å². The summed E-state index contributed by atoms with van der Waals surface area (Å²) in [5.41, 5.74) is 0.994. The number of aliphatic imine (C=N–C) groups is 1. The van der Waals surface area contributed by atoms with Gasteiger partial charge in [-0.1, -0.05) is 18.2 Å². The number of ether oxygens (including phenoxy) is 1. The number of halogens is 1. The Balaban J connectivity index is 0.00000147. The van der Waals surface area contributed by atoms with Crippen LogP contribution in [0.25, 0.3) is 0 Å². The molecule has 1 aliphatic rings. The molecule has 0 aromatic heterocycles. The zero-order chi connectivity index (χ0) is 12.9. The highest BCUT2D eigenvalue weighted by Gasteiger charge is 2.04. The van der Waals surface area contributed by atoms with E-state index in [4.69, 9.17) is 4.74 Å². The van der Waals surface area contributed by atoms with Gasteiger partial charge in [0.1, 0.15) is 11.5 Å². The Labute approximate surface area is 124 Å². The smallest absolute Gasteiger partial charge is 0.195 e. The number of nitrogens with one attached hydrogen (secondary N) is 2. The Morgan fingerprint density at radius 2 is 1.65 bits per heavy atom. The topological polar surface area (TPSA) is 45.6 Å². The molecule has 2 aromatic carbocycles. The van der Waals surface area contributed by atoms with Gasteiger partial charge in [0.15, 0.2) is 5.96 Å². The van der Waals surface area contributed by atoms with Gasteiger partial charge in [0.2, 0.25) is 0 Å². The SMILES string of the molecule is Cl.c1ccc(Oc2ccc(NC3=NCCN3)cc2)cc1. The van der Waals surface area contributed by atoms with E-state index < -0.39 is 0 Å². The summed E-state index contributed by atoms with van der Waals surface area (Å²) in [5, 5.41) is 6.38. The third-order valence-corrected chi connectivity index (χ3v) is 2.77. The molecule has 0 unspecified atom stereocenters. The molecule has 0 radical (unpaired) electrons. The van der Waals surface area contributed by atoms with E-state index in [9.17, 15) is 0 Å². The Hall–Kier alpha value is -2.20. The molecule has 2 aromatic rings. The fourth-order valence-corrected chi connectivity index (χ4v) is 1.85. The molecule has 104 valence electrons. The number of rotatable bonds is 3. The van der Waals surface area contributed by atoms with Crippen molar-refractivity contribution in [2.45, 2.75) is 0 Å². The Morgan fingerprint density at radius 1 is 0.950 bits per heavy atom. The minimum absolute atomic E-state index is 0. The molecule has 20 heavy (non-hydrogen) atoms. The molecule has 0 aliphatic carbocycles. The van der Waals surface area contributed by atoms with Crippen molar-refractivity contribution in [3.63, 3.8) is 0 Å². The highest BCUT2D eigenvalue weighted by molar-refractivity contribution is 5.94. The second kappa shape index (κ2) is 6.82. The minimum Gasteiger partial charge on any atom is -0.457 e. The number of guanidine groups is 1. The van der Waals surface area contributed by atoms with Gasteiger partial charge in [0, 0.05) is 12.2 Å². The number of nitrogens with zero attached hydrogens (tertiary/aromatic N) is 1. The average Bonchev–Trinajstić information content (AvgIpc) is 2.95. The Kier molecular flexibility index (Phi) is 4.85. The van der Waals surface area contributed by atoms with E-state index >= 15 is 0 Å². The summed E-state index contributed by atoms with van der Waals surface area (Å²) in [5.74, 6) is 2.49. The average molecular weight is 290 g/mol. The summed E-state index contributed by atoms with van der Waals surface area (Å²) in [6.07, 6.45) is 0. The van der Waals surface area contributed by atoms with E-state index in [2.05, 4.69) is 15.6 Å². The molecule has 0 bridgehead atoms. The van der Waals surface area contributed by atoms with Crippen LogP contribution in [0.3, 0.4) is 0 Å². The number of hydrogen-bond acceptors (Lipinski definition) is 4. The first-order valence-corrected chi connectivity index (χ1v) is 6.28. The van der Waals surface area contributed by atoms with Crippen LogP contribution in [0, 0.1) is 0 Å². The third-order valence-electron chi connectivity index (χ3n) is 2.77. The molecule has 0 fully saturated rings. The molecule has 0 saturated carbocycles. The lowest BCUT2D eigenvalue weighted by Gasteiger charge is -2.08. The molecule has 2 N–H and O–H groups in total. The van der Waals surface area contributed by atoms with E-state index in [1.807, 2.05) is 54.6 Å². The van der Waals surface area contributed by atoms with Gasteiger partial charge in [-0.3, -0.25) is 4.99 Å². The van der Waals surface area contributed by atoms with Crippen molar-refractivity contribution >= 4 is 24.1 Å². The van der Waals surface area contributed by atoms with Crippen LogP contribution in [0.4, 0.5) is 5.69 Å². The van der Waals surface area contributed by atoms with Crippen molar-refractivity contribution in [2.24, 2.45) is 4.99 Å². The van der Waals surface area contributed by atoms with Gasteiger partial charge in [-0.05, 0) is 36.4 Å². The van der Waals surface area contributed by atoms with Crippen LogP contribution in [0.1, 0.15) is 0 Å². The second-order valence-corrected chi connectivity index (χ2v) is 4.22. The quantitative estimate of drug-likeness (QED) is 0.911. The summed E-state index contributed by atoms with van der Waals surface area (Å²) >= 11 is 0. The minimum atomic E-state index is 0. The number of anilines is 1. The van der Waals surface area contributed by atoms with Crippen molar-refractivity contribution in [3.05, 3.63) is 54.6 Å².